The predicted molar refractivity (Wildman–Crippen MR) is 71.0 cm³/mol. The van der Waals surface area contributed by atoms with E-state index < -0.39 is 0 Å². The van der Waals surface area contributed by atoms with Gasteiger partial charge in [0.25, 0.3) is 0 Å². The largest absolute Gasteiger partial charge is 0.323 e. The summed E-state index contributed by atoms with van der Waals surface area (Å²) in [5, 5.41) is 4.53. The molecule has 0 aliphatic rings. The van der Waals surface area contributed by atoms with Crippen molar-refractivity contribution in [2.45, 2.75) is 13.0 Å². The monoisotopic (exact) mass is 238 g/mol. The zero-order valence-corrected chi connectivity index (χ0v) is 10.1. The number of benzene rings is 1. The van der Waals surface area contributed by atoms with Gasteiger partial charge in [0.2, 0.25) is 0 Å². The van der Waals surface area contributed by atoms with Gasteiger partial charge in [0.15, 0.2) is 11.5 Å². The van der Waals surface area contributed by atoms with Crippen LogP contribution in [0.3, 0.4) is 0 Å². The van der Waals surface area contributed by atoms with Crippen molar-refractivity contribution in [3.63, 3.8) is 0 Å². The van der Waals surface area contributed by atoms with E-state index in [-0.39, 0.29) is 6.04 Å². The van der Waals surface area contributed by atoms with Gasteiger partial charge in [-0.05, 0) is 19.1 Å². The van der Waals surface area contributed by atoms with Crippen LogP contribution in [0.5, 0.6) is 0 Å². The topological polar surface area (TPSA) is 56.2 Å². The number of hydrogen-bond donors (Lipinski definition) is 1. The van der Waals surface area contributed by atoms with Gasteiger partial charge >= 0.3 is 0 Å². The molecule has 2 heterocycles. The molecule has 0 radical (unpaired) electrons. The fourth-order valence-electron chi connectivity index (χ4n) is 1.98. The Hall–Kier alpha value is -2.20. The SMILES string of the molecule is CC(N)c1cccc2nc(-c3ccccc3)nn12. The molecule has 1 atom stereocenters. The van der Waals surface area contributed by atoms with Gasteiger partial charge in [-0.1, -0.05) is 36.4 Å². The Morgan fingerprint density at radius 3 is 2.56 bits per heavy atom. The Bertz CT molecular complexity index is 671. The summed E-state index contributed by atoms with van der Waals surface area (Å²) in [6.45, 7) is 1.94. The van der Waals surface area contributed by atoms with E-state index in [4.69, 9.17) is 5.73 Å². The lowest BCUT2D eigenvalue weighted by atomic mass is 10.2. The average Bonchev–Trinajstić information content (AvgIpc) is 2.83. The maximum Gasteiger partial charge on any atom is 0.182 e. The zero-order valence-electron chi connectivity index (χ0n) is 10.1. The predicted octanol–water partition coefficient (Wildman–Crippen LogP) is 2.42. The molecule has 2 aromatic heterocycles. The molecule has 90 valence electrons. The van der Waals surface area contributed by atoms with Gasteiger partial charge in [0, 0.05) is 11.6 Å². The molecule has 1 aromatic carbocycles. The first-order valence-electron chi connectivity index (χ1n) is 5.92. The summed E-state index contributed by atoms with van der Waals surface area (Å²) in [5.41, 5.74) is 8.73. The lowest BCUT2D eigenvalue weighted by Crippen LogP contribution is -2.10. The van der Waals surface area contributed by atoms with Gasteiger partial charge in [-0.15, -0.1) is 5.10 Å². The third-order valence-corrected chi connectivity index (χ3v) is 2.89. The highest BCUT2D eigenvalue weighted by molar-refractivity contribution is 5.58. The summed E-state index contributed by atoms with van der Waals surface area (Å²) in [6, 6.07) is 15.7. The van der Waals surface area contributed by atoms with Crippen LogP contribution >= 0.6 is 0 Å². The molecule has 18 heavy (non-hydrogen) atoms. The molecule has 3 aromatic rings. The number of nitrogens with zero attached hydrogens (tertiary/aromatic N) is 3. The summed E-state index contributed by atoms with van der Waals surface area (Å²) in [4.78, 5) is 4.52. The standard InChI is InChI=1S/C14H14N4/c1-10(15)12-8-5-9-13-16-14(17-18(12)13)11-6-3-2-4-7-11/h2-10H,15H2,1H3. The van der Waals surface area contributed by atoms with Crippen LogP contribution in [0, 0.1) is 0 Å². The van der Waals surface area contributed by atoms with Crippen molar-refractivity contribution in [3.05, 3.63) is 54.2 Å². The molecule has 0 bridgehead atoms. The van der Waals surface area contributed by atoms with E-state index in [9.17, 15) is 0 Å². The quantitative estimate of drug-likeness (QED) is 0.746. The van der Waals surface area contributed by atoms with Crippen molar-refractivity contribution < 1.29 is 0 Å². The van der Waals surface area contributed by atoms with E-state index in [1.54, 1.807) is 0 Å². The number of nitrogens with two attached hydrogens (primary N) is 1. The Labute approximate surface area is 105 Å². The van der Waals surface area contributed by atoms with Crippen molar-refractivity contribution in [3.8, 4) is 11.4 Å². The average molecular weight is 238 g/mol. The first kappa shape index (κ1) is 10.9. The van der Waals surface area contributed by atoms with E-state index >= 15 is 0 Å². The molecule has 0 saturated carbocycles. The molecule has 4 nitrogen and oxygen atoms in total. The molecule has 2 N–H and O–H groups in total. The minimum Gasteiger partial charge on any atom is -0.323 e. The summed E-state index contributed by atoms with van der Waals surface area (Å²) in [7, 11) is 0. The van der Waals surface area contributed by atoms with Crippen LogP contribution in [-0.4, -0.2) is 14.6 Å². The Balaban J connectivity index is 2.20. The number of rotatable bonds is 2. The van der Waals surface area contributed by atoms with Crippen LogP contribution in [0.4, 0.5) is 0 Å². The van der Waals surface area contributed by atoms with Crippen LogP contribution < -0.4 is 5.73 Å². The van der Waals surface area contributed by atoms with Gasteiger partial charge in [0.05, 0.1) is 5.69 Å². The lowest BCUT2D eigenvalue weighted by molar-refractivity contribution is 0.729. The van der Waals surface area contributed by atoms with Crippen molar-refractivity contribution >= 4 is 5.65 Å². The first-order valence-corrected chi connectivity index (χ1v) is 5.92. The smallest absolute Gasteiger partial charge is 0.182 e. The molecule has 0 amide bonds. The van der Waals surface area contributed by atoms with Gasteiger partial charge in [-0.2, -0.15) is 0 Å². The molecule has 1 unspecified atom stereocenters. The summed E-state index contributed by atoms with van der Waals surface area (Å²) < 4.78 is 1.81. The molecule has 4 heteroatoms. The molecule has 0 aliphatic heterocycles. The summed E-state index contributed by atoms with van der Waals surface area (Å²) in [6.07, 6.45) is 0. The molecule has 0 fully saturated rings. The molecule has 3 rings (SSSR count). The highest BCUT2D eigenvalue weighted by Crippen LogP contribution is 2.18. The highest BCUT2D eigenvalue weighted by atomic mass is 15.3. The van der Waals surface area contributed by atoms with E-state index in [1.165, 1.54) is 0 Å². The fraction of sp³-hybridized carbons (Fsp3) is 0.143. The van der Waals surface area contributed by atoms with E-state index in [0.717, 1.165) is 22.7 Å². The Kier molecular flexibility index (Phi) is 2.57. The Morgan fingerprint density at radius 2 is 1.83 bits per heavy atom. The maximum atomic E-state index is 5.94. The first-order chi connectivity index (χ1) is 8.75. The lowest BCUT2D eigenvalue weighted by Gasteiger charge is -2.06. The number of aromatic nitrogens is 3. The number of pyridine rings is 1. The molecular weight excluding hydrogens is 224 g/mol. The second-order valence-electron chi connectivity index (χ2n) is 4.31. The van der Waals surface area contributed by atoms with Crippen molar-refractivity contribution in [1.29, 1.82) is 0 Å². The normalized spacial score (nSPS) is 12.8. The van der Waals surface area contributed by atoms with Crippen molar-refractivity contribution in [1.82, 2.24) is 14.6 Å². The van der Waals surface area contributed by atoms with Gasteiger partial charge in [-0.3, -0.25) is 0 Å². The van der Waals surface area contributed by atoms with Crippen LogP contribution in [0.2, 0.25) is 0 Å². The summed E-state index contributed by atoms with van der Waals surface area (Å²) >= 11 is 0. The highest BCUT2D eigenvalue weighted by Gasteiger charge is 2.10. The second-order valence-corrected chi connectivity index (χ2v) is 4.31. The maximum absolute atomic E-state index is 5.94. The minimum absolute atomic E-state index is 0.0703. The van der Waals surface area contributed by atoms with Gasteiger partial charge in [-0.25, -0.2) is 9.50 Å². The van der Waals surface area contributed by atoms with Crippen LogP contribution in [0.15, 0.2) is 48.5 Å². The van der Waals surface area contributed by atoms with Crippen molar-refractivity contribution in [2.75, 3.05) is 0 Å². The second kappa shape index (κ2) is 4.23. The van der Waals surface area contributed by atoms with E-state index in [1.807, 2.05) is 60.0 Å². The molecule has 0 saturated heterocycles. The minimum atomic E-state index is -0.0703. The fourth-order valence-corrected chi connectivity index (χ4v) is 1.98. The third kappa shape index (κ3) is 1.76. The number of fused-ring (bicyclic) bond motifs is 1. The van der Waals surface area contributed by atoms with Gasteiger partial charge in [0.1, 0.15) is 0 Å². The summed E-state index contributed by atoms with van der Waals surface area (Å²) in [5.74, 6) is 0.726. The van der Waals surface area contributed by atoms with Crippen LogP contribution in [0.1, 0.15) is 18.7 Å². The van der Waals surface area contributed by atoms with E-state index in [2.05, 4.69) is 10.1 Å². The molecule has 0 aliphatic carbocycles. The number of hydrogen-bond acceptors (Lipinski definition) is 3. The van der Waals surface area contributed by atoms with E-state index in [0.29, 0.717) is 0 Å². The molecule has 0 spiro atoms. The zero-order chi connectivity index (χ0) is 12.5. The van der Waals surface area contributed by atoms with Crippen LogP contribution in [-0.2, 0) is 0 Å². The van der Waals surface area contributed by atoms with Crippen molar-refractivity contribution in [2.24, 2.45) is 5.73 Å². The van der Waals surface area contributed by atoms with Gasteiger partial charge < -0.3 is 5.73 Å². The molecular formula is C14H14N4. The third-order valence-electron chi connectivity index (χ3n) is 2.89. The Morgan fingerprint density at radius 1 is 1.06 bits per heavy atom. The van der Waals surface area contributed by atoms with Crippen LogP contribution in [0.25, 0.3) is 17.0 Å².